The predicted molar refractivity (Wildman–Crippen MR) is 97.7 cm³/mol. The first-order valence-electron chi connectivity index (χ1n) is 7.74. The highest BCUT2D eigenvalue weighted by Gasteiger charge is 2.24. The van der Waals surface area contributed by atoms with Gasteiger partial charge in [0.25, 0.3) is 0 Å². The van der Waals surface area contributed by atoms with Crippen LogP contribution in [0.15, 0.2) is 67.1 Å². The number of nitrogens with zero attached hydrogens (tertiary/aromatic N) is 2. The SMILES string of the molecule is O=Cc1cn(S(=O)(=O)CC=Cc2cccnc2)c(-c2ccccc2)c1F. The van der Waals surface area contributed by atoms with Crippen molar-refractivity contribution in [2.24, 2.45) is 0 Å². The van der Waals surface area contributed by atoms with Crippen LogP contribution in [0, 0.1) is 5.82 Å². The van der Waals surface area contributed by atoms with Crippen LogP contribution >= 0.6 is 0 Å². The van der Waals surface area contributed by atoms with Crippen molar-refractivity contribution in [1.82, 2.24) is 8.96 Å². The fourth-order valence-corrected chi connectivity index (χ4v) is 3.73. The second kappa shape index (κ2) is 7.45. The predicted octanol–water partition coefficient (Wildman–Crippen LogP) is 3.39. The highest BCUT2D eigenvalue weighted by Crippen LogP contribution is 2.28. The third-order valence-corrected chi connectivity index (χ3v) is 5.21. The molecule has 0 atom stereocenters. The lowest BCUT2D eigenvalue weighted by molar-refractivity contribution is 0.112. The molecule has 0 unspecified atom stereocenters. The zero-order valence-electron chi connectivity index (χ0n) is 13.6. The molecule has 0 aliphatic rings. The van der Waals surface area contributed by atoms with E-state index in [2.05, 4.69) is 4.98 Å². The van der Waals surface area contributed by atoms with E-state index in [1.165, 1.54) is 6.08 Å². The maximum absolute atomic E-state index is 14.6. The monoisotopic (exact) mass is 370 g/mol. The summed E-state index contributed by atoms with van der Waals surface area (Å²) < 4.78 is 40.8. The standard InChI is InChI=1S/C19H15FN2O3S/c20-18-17(14-23)13-22(19(18)16-8-2-1-3-9-16)26(24,25)11-5-7-15-6-4-10-21-12-15/h1-10,12-14H,11H2. The highest BCUT2D eigenvalue weighted by molar-refractivity contribution is 7.90. The smallest absolute Gasteiger partial charge is 0.242 e. The number of halogens is 1. The van der Waals surface area contributed by atoms with Gasteiger partial charge in [0.15, 0.2) is 12.1 Å². The maximum atomic E-state index is 14.6. The van der Waals surface area contributed by atoms with Gasteiger partial charge in [-0.25, -0.2) is 16.8 Å². The van der Waals surface area contributed by atoms with Gasteiger partial charge in [-0.05, 0) is 11.6 Å². The first-order valence-corrected chi connectivity index (χ1v) is 9.35. The lowest BCUT2D eigenvalue weighted by atomic mass is 10.1. The van der Waals surface area contributed by atoms with E-state index in [1.807, 2.05) is 0 Å². The van der Waals surface area contributed by atoms with Gasteiger partial charge < -0.3 is 0 Å². The van der Waals surface area contributed by atoms with Gasteiger partial charge in [0.05, 0.1) is 11.3 Å². The van der Waals surface area contributed by atoms with Crippen molar-refractivity contribution < 1.29 is 17.6 Å². The molecule has 0 aliphatic carbocycles. The van der Waals surface area contributed by atoms with E-state index in [1.54, 1.807) is 60.9 Å². The molecule has 3 aromatic rings. The molecule has 1 aromatic carbocycles. The number of aromatic nitrogens is 2. The van der Waals surface area contributed by atoms with Crippen molar-refractivity contribution in [3.8, 4) is 11.3 Å². The maximum Gasteiger partial charge on any atom is 0.242 e. The number of hydrogen-bond donors (Lipinski definition) is 0. The summed E-state index contributed by atoms with van der Waals surface area (Å²) in [6.45, 7) is 0. The quantitative estimate of drug-likeness (QED) is 0.624. The number of carbonyl (C=O) groups excluding carboxylic acids is 1. The molecule has 0 N–H and O–H groups in total. The molecule has 0 bridgehead atoms. The number of rotatable bonds is 6. The lowest BCUT2D eigenvalue weighted by Crippen LogP contribution is -2.16. The third-order valence-electron chi connectivity index (χ3n) is 3.71. The number of carbonyl (C=O) groups is 1. The van der Waals surface area contributed by atoms with E-state index in [0.29, 0.717) is 11.8 Å². The Balaban J connectivity index is 1.99. The van der Waals surface area contributed by atoms with Crippen molar-refractivity contribution in [3.05, 3.63) is 84.1 Å². The van der Waals surface area contributed by atoms with Crippen LogP contribution in [0.3, 0.4) is 0 Å². The van der Waals surface area contributed by atoms with E-state index in [0.717, 1.165) is 15.7 Å². The summed E-state index contributed by atoms with van der Waals surface area (Å²) in [7, 11) is -3.91. The van der Waals surface area contributed by atoms with Crippen LogP contribution in [0.1, 0.15) is 15.9 Å². The Morgan fingerprint density at radius 2 is 1.88 bits per heavy atom. The van der Waals surface area contributed by atoms with Crippen molar-refractivity contribution in [1.29, 1.82) is 0 Å². The molecule has 0 spiro atoms. The van der Waals surface area contributed by atoms with Crippen LogP contribution in [-0.4, -0.2) is 29.4 Å². The topological polar surface area (TPSA) is 69.0 Å². The van der Waals surface area contributed by atoms with Crippen LogP contribution in [0.2, 0.25) is 0 Å². The van der Waals surface area contributed by atoms with Crippen LogP contribution in [-0.2, 0) is 10.0 Å². The van der Waals surface area contributed by atoms with E-state index in [-0.39, 0.29) is 17.0 Å². The minimum Gasteiger partial charge on any atom is -0.298 e. The Bertz CT molecular complexity index is 1040. The summed E-state index contributed by atoms with van der Waals surface area (Å²) in [6.07, 6.45) is 7.60. The molecule has 0 aliphatic heterocycles. The summed E-state index contributed by atoms with van der Waals surface area (Å²) in [6, 6.07) is 11.8. The van der Waals surface area contributed by atoms with Crippen LogP contribution < -0.4 is 0 Å². The normalized spacial score (nSPS) is 11.7. The first kappa shape index (κ1) is 17.8. The molecular weight excluding hydrogens is 355 g/mol. The molecule has 0 saturated carbocycles. The molecule has 3 rings (SSSR count). The molecule has 5 nitrogen and oxygen atoms in total. The molecule has 0 amide bonds. The number of hydrogen-bond acceptors (Lipinski definition) is 4. The van der Waals surface area contributed by atoms with Gasteiger partial charge >= 0.3 is 0 Å². The van der Waals surface area contributed by atoms with E-state index < -0.39 is 15.8 Å². The minimum atomic E-state index is -3.91. The summed E-state index contributed by atoms with van der Waals surface area (Å²) in [5, 5.41) is 0. The van der Waals surface area contributed by atoms with Gasteiger partial charge in [0.2, 0.25) is 10.0 Å². The molecule has 7 heteroatoms. The molecule has 26 heavy (non-hydrogen) atoms. The zero-order valence-corrected chi connectivity index (χ0v) is 14.4. The number of benzene rings is 1. The molecule has 0 radical (unpaired) electrons. The summed E-state index contributed by atoms with van der Waals surface area (Å²) in [5.41, 5.74) is 0.669. The van der Waals surface area contributed by atoms with Gasteiger partial charge in [-0.1, -0.05) is 48.6 Å². The first-order chi connectivity index (χ1) is 12.5. The molecular formula is C19H15FN2O3S. The van der Waals surface area contributed by atoms with Gasteiger partial charge in [-0.15, -0.1) is 0 Å². The Hall–Kier alpha value is -3.06. The number of aldehydes is 1. The van der Waals surface area contributed by atoms with Crippen molar-refractivity contribution in [2.75, 3.05) is 5.75 Å². The third kappa shape index (κ3) is 3.62. The van der Waals surface area contributed by atoms with Gasteiger partial charge in [0, 0.05) is 24.2 Å². The van der Waals surface area contributed by atoms with E-state index >= 15 is 0 Å². The van der Waals surface area contributed by atoms with Gasteiger partial charge in [-0.2, -0.15) is 0 Å². The Morgan fingerprint density at radius 3 is 2.54 bits per heavy atom. The Kier molecular flexibility index (Phi) is 5.09. The van der Waals surface area contributed by atoms with Gasteiger partial charge in [0.1, 0.15) is 5.69 Å². The largest absolute Gasteiger partial charge is 0.298 e. The second-order valence-corrected chi connectivity index (χ2v) is 7.38. The van der Waals surface area contributed by atoms with Crippen molar-refractivity contribution in [2.45, 2.75) is 0 Å². The molecule has 2 heterocycles. The van der Waals surface area contributed by atoms with Gasteiger partial charge in [-0.3, -0.25) is 9.78 Å². The fourth-order valence-electron chi connectivity index (χ4n) is 2.49. The average Bonchev–Trinajstić information content (AvgIpc) is 3.00. The molecule has 2 aromatic heterocycles. The lowest BCUT2D eigenvalue weighted by Gasteiger charge is -2.09. The zero-order chi connectivity index (χ0) is 18.6. The summed E-state index contributed by atoms with van der Waals surface area (Å²) >= 11 is 0. The van der Waals surface area contributed by atoms with Crippen molar-refractivity contribution >= 4 is 22.4 Å². The molecule has 0 fully saturated rings. The molecule has 132 valence electrons. The second-order valence-electron chi connectivity index (χ2n) is 5.49. The van der Waals surface area contributed by atoms with E-state index in [4.69, 9.17) is 0 Å². The van der Waals surface area contributed by atoms with Crippen LogP contribution in [0.25, 0.3) is 17.3 Å². The van der Waals surface area contributed by atoms with Crippen molar-refractivity contribution in [3.63, 3.8) is 0 Å². The minimum absolute atomic E-state index is 0.150. The van der Waals surface area contributed by atoms with Crippen LogP contribution in [0.4, 0.5) is 4.39 Å². The Labute approximate surface area is 150 Å². The Morgan fingerprint density at radius 1 is 1.12 bits per heavy atom. The summed E-state index contributed by atoms with van der Waals surface area (Å²) in [4.78, 5) is 15.0. The average molecular weight is 370 g/mol. The number of pyridine rings is 1. The van der Waals surface area contributed by atoms with Crippen LogP contribution in [0.5, 0.6) is 0 Å². The fraction of sp³-hybridized carbons (Fsp3) is 0.0526. The molecule has 0 saturated heterocycles. The van der Waals surface area contributed by atoms with E-state index in [9.17, 15) is 17.6 Å². The highest BCUT2D eigenvalue weighted by atomic mass is 32.2. The summed E-state index contributed by atoms with van der Waals surface area (Å²) in [5.74, 6) is -1.21.